The maximum atomic E-state index is 13.0. The molecule has 2 aliphatic heterocycles. The van der Waals surface area contributed by atoms with Crippen LogP contribution in [-0.4, -0.2) is 47.0 Å². The number of carbonyl (C=O) groups excluding carboxylic acids is 2. The molecule has 0 saturated carbocycles. The van der Waals surface area contributed by atoms with Gasteiger partial charge >= 0.3 is 5.97 Å². The van der Waals surface area contributed by atoms with Gasteiger partial charge in [-0.15, -0.1) is 0 Å². The minimum atomic E-state index is -0.659. The largest absolute Gasteiger partial charge is 0.490 e. The van der Waals surface area contributed by atoms with Crippen molar-refractivity contribution >= 4 is 28.8 Å². The molecule has 0 aromatic heterocycles. The van der Waals surface area contributed by atoms with Crippen LogP contribution >= 0.6 is 11.8 Å². The van der Waals surface area contributed by atoms with Gasteiger partial charge in [0.1, 0.15) is 6.61 Å². The summed E-state index contributed by atoms with van der Waals surface area (Å²) in [5, 5.41) is 0.308. The third-order valence-electron chi connectivity index (χ3n) is 5.15. The average Bonchev–Trinajstić information content (AvgIpc) is 3.05. The van der Waals surface area contributed by atoms with E-state index in [2.05, 4.69) is 18.5 Å². The molecule has 0 radical (unpaired) electrons. The van der Waals surface area contributed by atoms with Gasteiger partial charge < -0.3 is 14.2 Å². The molecule has 3 rings (SSSR count). The lowest BCUT2D eigenvalue weighted by molar-refractivity contribution is -0.139. The molecule has 0 spiro atoms. The van der Waals surface area contributed by atoms with Crippen LogP contribution in [0.2, 0.25) is 0 Å². The lowest BCUT2D eigenvalue weighted by Crippen LogP contribution is -2.40. The molecule has 7 nitrogen and oxygen atoms in total. The van der Waals surface area contributed by atoms with E-state index >= 15 is 0 Å². The molecule has 1 fully saturated rings. The van der Waals surface area contributed by atoms with Gasteiger partial charge in [0.25, 0.3) is 0 Å². The third kappa shape index (κ3) is 4.85. The number of aliphatic imine (C=N–C) groups is 1. The molecular weight excluding hydrogens is 428 g/mol. The fourth-order valence-corrected chi connectivity index (χ4v) is 4.63. The van der Waals surface area contributed by atoms with E-state index < -0.39 is 12.0 Å². The predicted molar refractivity (Wildman–Crippen MR) is 126 cm³/mol. The molecule has 1 aromatic rings. The van der Waals surface area contributed by atoms with Crippen LogP contribution in [0.25, 0.3) is 0 Å². The van der Waals surface area contributed by atoms with Crippen molar-refractivity contribution in [2.75, 3.05) is 19.8 Å². The van der Waals surface area contributed by atoms with Crippen molar-refractivity contribution in [2.45, 2.75) is 51.8 Å². The normalized spacial score (nSPS) is 20.1. The van der Waals surface area contributed by atoms with Crippen molar-refractivity contribution in [1.82, 2.24) is 4.90 Å². The van der Waals surface area contributed by atoms with E-state index in [0.29, 0.717) is 41.2 Å². The molecule has 1 aromatic carbocycles. The maximum absolute atomic E-state index is 13.0. The Morgan fingerprint density at radius 2 is 2.06 bits per heavy atom. The summed E-state index contributed by atoms with van der Waals surface area (Å²) in [4.78, 5) is 32.2. The summed E-state index contributed by atoms with van der Waals surface area (Å²) in [6.45, 7) is 12.3. The second-order valence-electron chi connectivity index (χ2n) is 7.49. The Morgan fingerprint density at radius 1 is 1.28 bits per heavy atom. The van der Waals surface area contributed by atoms with Crippen molar-refractivity contribution in [1.29, 1.82) is 0 Å². The summed E-state index contributed by atoms with van der Waals surface area (Å²) in [5.74, 6) is 0.602. The number of thioether (sulfide) groups is 1. The van der Waals surface area contributed by atoms with E-state index in [4.69, 9.17) is 14.2 Å². The highest BCUT2D eigenvalue weighted by Crippen LogP contribution is 2.44. The number of carbonyl (C=O) groups is 2. The van der Waals surface area contributed by atoms with Crippen molar-refractivity contribution < 1.29 is 23.8 Å². The summed E-state index contributed by atoms with van der Waals surface area (Å²) >= 11 is 1.39. The number of benzene rings is 1. The Kier molecular flexibility index (Phi) is 8.01. The molecule has 2 heterocycles. The van der Waals surface area contributed by atoms with Gasteiger partial charge in [0, 0.05) is 0 Å². The summed E-state index contributed by atoms with van der Waals surface area (Å²) in [7, 11) is 0. The Morgan fingerprint density at radius 3 is 2.75 bits per heavy atom. The number of amidine groups is 1. The van der Waals surface area contributed by atoms with E-state index in [9.17, 15) is 9.59 Å². The molecule has 0 aliphatic carbocycles. The zero-order valence-electron chi connectivity index (χ0n) is 19.1. The van der Waals surface area contributed by atoms with E-state index in [1.807, 2.05) is 32.0 Å². The number of allylic oxidation sites excluding steroid dienone is 1. The Bertz CT molecular complexity index is 956. The van der Waals surface area contributed by atoms with Crippen LogP contribution in [-0.2, 0) is 14.3 Å². The topological polar surface area (TPSA) is 77.4 Å². The molecule has 32 heavy (non-hydrogen) atoms. The van der Waals surface area contributed by atoms with Crippen LogP contribution < -0.4 is 9.47 Å². The molecule has 8 heteroatoms. The van der Waals surface area contributed by atoms with Crippen molar-refractivity contribution in [3.8, 4) is 11.5 Å². The van der Waals surface area contributed by atoms with Gasteiger partial charge in [-0.1, -0.05) is 43.8 Å². The third-order valence-corrected chi connectivity index (χ3v) is 6.20. The highest BCUT2D eigenvalue weighted by molar-refractivity contribution is 8.15. The first-order valence-corrected chi connectivity index (χ1v) is 11.8. The first kappa shape index (κ1) is 23.9. The second-order valence-corrected chi connectivity index (χ2v) is 8.80. The van der Waals surface area contributed by atoms with Gasteiger partial charge in [0.2, 0.25) is 5.91 Å². The zero-order chi connectivity index (χ0) is 23.3. The Hall–Kier alpha value is -2.74. The second kappa shape index (κ2) is 10.7. The molecule has 0 N–H and O–H groups in total. The number of rotatable bonds is 10. The minimum absolute atomic E-state index is 0.0758. The SMILES string of the molecule is C=CCOC(=O)C1=C(C)N=C2SC(C)C(=O)N2C1c1ccc(OCCCC)c(OCC)c1. The first-order valence-electron chi connectivity index (χ1n) is 10.9. The summed E-state index contributed by atoms with van der Waals surface area (Å²) < 4.78 is 17.1. The number of esters is 1. The average molecular weight is 459 g/mol. The Labute approximate surface area is 193 Å². The van der Waals surface area contributed by atoms with E-state index in [-0.39, 0.29) is 17.8 Å². The highest BCUT2D eigenvalue weighted by Gasteiger charge is 2.46. The smallest absolute Gasteiger partial charge is 0.338 e. The van der Waals surface area contributed by atoms with Gasteiger partial charge in [0.05, 0.1) is 35.8 Å². The number of hydrogen-bond donors (Lipinski definition) is 0. The standard InChI is InChI=1S/C24H30N2O5S/c1-6-9-13-30-18-11-10-17(14-19(18)29-8-3)21-20(23(28)31-12-7-2)15(4)25-24-26(21)22(27)16(5)32-24/h7,10-11,14,16,21H,2,6,8-9,12-13H2,1,3-5H3. The first-order chi connectivity index (χ1) is 15.4. The van der Waals surface area contributed by atoms with Gasteiger partial charge in [-0.3, -0.25) is 9.69 Å². The fourth-order valence-electron chi connectivity index (χ4n) is 3.60. The van der Waals surface area contributed by atoms with Crippen LogP contribution in [0.15, 0.2) is 47.1 Å². The van der Waals surface area contributed by atoms with Crippen molar-refractivity contribution in [3.05, 3.63) is 47.7 Å². The molecule has 2 aliphatic rings. The van der Waals surface area contributed by atoms with Crippen LogP contribution in [0.4, 0.5) is 0 Å². The van der Waals surface area contributed by atoms with Crippen LogP contribution in [0, 0.1) is 0 Å². The van der Waals surface area contributed by atoms with Gasteiger partial charge in [-0.05, 0) is 44.9 Å². The van der Waals surface area contributed by atoms with Crippen molar-refractivity contribution in [2.24, 2.45) is 4.99 Å². The quantitative estimate of drug-likeness (QED) is 0.289. The fraction of sp³-hybridized carbons (Fsp3) is 0.458. The molecule has 1 amide bonds. The van der Waals surface area contributed by atoms with Crippen molar-refractivity contribution in [3.63, 3.8) is 0 Å². The van der Waals surface area contributed by atoms with Crippen LogP contribution in [0.1, 0.15) is 52.1 Å². The monoisotopic (exact) mass is 458 g/mol. The van der Waals surface area contributed by atoms with Gasteiger partial charge in [0.15, 0.2) is 16.7 Å². The number of hydrogen-bond acceptors (Lipinski definition) is 7. The minimum Gasteiger partial charge on any atom is -0.490 e. The lowest BCUT2D eigenvalue weighted by Gasteiger charge is -2.33. The highest BCUT2D eigenvalue weighted by atomic mass is 32.2. The molecule has 172 valence electrons. The summed E-state index contributed by atoms with van der Waals surface area (Å²) in [6, 6.07) is 4.88. The van der Waals surface area contributed by atoms with Crippen LogP contribution in [0.3, 0.4) is 0 Å². The number of unbranched alkanes of at least 4 members (excludes halogenated alkanes) is 1. The number of fused-ring (bicyclic) bond motifs is 1. The number of nitrogens with zero attached hydrogens (tertiary/aromatic N) is 2. The number of amides is 1. The summed E-state index contributed by atoms with van der Waals surface area (Å²) in [5.41, 5.74) is 1.60. The van der Waals surface area contributed by atoms with E-state index in [0.717, 1.165) is 18.4 Å². The zero-order valence-corrected chi connectivity index (χ0v) is 19.9. The number of ether oxygens (including phenoxy) is 3. The maximum Gasteiger partial charge on any atom is 0.338 e. The molecular formula is C24H30N2O5S. The molecule has 2 unspecified atom stereocenters. The lowest BCUT2D eigenvalue weighted by atomic mass is 9.94. The van der Waals surface area contributed by atoms with Gasteiger partial charge in [-0.2, -0.15) is 0 Å². The van der Waals surface area contributed by atoms with Gasteiger partial charge in [-0.25, -0.2) is 9.79 Å². The summed E-state index contributed by atoms with van der Waals surface area (Å²) in [6.07, 6.45) is 3.47. The molecule has 0 bridgehead atoms. The molecule has 2 atom stereocenters. The van der Waals surface area contributed by atoms with E-state index in [1.54, 1.807) is 11.8 Å². The predicted octanol–water partition coefficient (Wildman–Crippen LogP) is 4.64. The molecule has 1 saturated heterocycles. The van der Waals surface area contributed by atoms with E-state index in [1.165, 1.54) is 17.8 Å². The van der Waals surface area contributed by atoms with Crippen LogP contribution in [0.5, 0.6) is 11.5 Å². The Balaban J connectivity index is 2.06.